The van der Waals surface area contributed by atoms with Crippen molar-refractivity contribution in [3.63, 3.8) is 0 Å². The molecule has 0 saturated carbocycles. The molecule has 4 nitrogen and oxygen atoms in total. The largest absolute Gasteiger partial charge is 0.375 e. The minimum absolute atomic E-state index is 0.149. The molecule has 3 rings (SSSR count). The van der Waals surface area contributed by atoms with Crippen LogP contribution in [-0.4, -0.2) is 16.8 Å². The molecule has 0 aliphatic carbocycles. The molecule has 2 aromatic carbocycles. The smallest absolute Gasteiger partial charge is 0.261 e. The van der Waals surface area contributed by atoms with Crippen molar-refractivity contribution in [1.82, 2.24) is 0 Å². The molecule has 1 aliphatic heterocycles. The van der Waals surface area contributed by atoms with E-state index in [4.69, 9.17) is 23.2 Å². The van der Waals surface area contributed by atoms with Crippen LogP contribution >= 0.6 is 23.2 Å². The molecule has 118 valence electrons. The van der Waals surface area contributed by atoms with E-state index in [0.717, 1.165) is 12.1 Å². The summed E-state index contributed by atoms with van der Waals surface area (Å²) in [5, 5.41) is 13.6. The van der Waals surface area contributed by atoms with Gasteiger partial charge in [0.15, 0.2) is 11.4 Å². The number of hydrogen-bond donors (Lipinski definition) is 2. The van der Waals surface area contributed by atoms with Crippen LogP contribution < -0.4 is 5.32 Å². The molecule has 1 amide bonds. The summed E-state index contributed by atoms with van der Waals surface area (Å²) in [6, 6.07) is 7.66. The highest BCUT2D eigenvalue weighted by molar-refractivity contribution is 6.37. The number of aliphatic hydroxyl groups is 1. The van der Waals surface area contributed by atoms with Crippen LogP contribution in [0.15, 0.2) is 36.4 Å². The number of nitrogens with one attached hydrogen (secondary N) is 1. The van der Waals surface area contributed by atoms with Gasteiger partial charge in [0.2, 0.25) is 0 Å². The van der Waals surface area contributed by atoms with Gasteiger partial charge >= 0.3 is 0 Å². The topological polar surface area (TPSA) is 66.4 Å². The van der Waals surface area contributed by atoms with Crippen LogP contribution in [0.3, 0.4) is 0 Å². The normalized spacial score (nSPS) is 19.4. The highest BCUT2D eigenvalue weighted by Gasteiger charge is 2.47. The van der Waals surface area contributed by atoms with Gasteiger partial charge in [0.1, 0.15) is 5.82 Å². The number of fused-ring (bicyclic) bond motifs is 1. The Morgan fingerprint density at radius 3 is 2.52 bits per heavy atom. The summed E-state index contributed by atoms with van der Waals surface area (Å²) in [6.45, 7) is 0. The predicted molar refractivity (Wildman–Crippen MR) is 84.3 cm³/mol. The number of rotatable bonds is 3. The first-order valence-electron chi connectivity index (χ1n) is 6.63. The lowest BCUT2D eigenvalue weighted by molar-refractivity contribution is -0.133. The molecule has 23 heavy (non-hydrogen) atoms. The third-order valence-corrected chi connectivity index (χ3v) is 4.21. The van der Waals surface area contributed by atoms with Gasteiger partial charge in [-0.1, -0.05) is 23.2 Å². The summed E-state index contributed by atoms with van der Waals surface area (Å²) in [4.78, 5) is 24.5. The van der Waals surface area contributed by atoms with Crippen LogP contribution in [0, 0.1) is 5.82 Å². The van der Waals surface area contributed by atoms with Crippen molar-refractivity contribution in [3.8, 4) is 0 Å². The van der Waals surface area contributed by atoms with Gasteiger partial charge in [-0.05, 0) is 36.4 Å². The number of carbonyl (C=O) groups excluding carboxylic acids is 2. The SMILES string of the molecule is O=C(C[C@@]1(O)C(=O)Nc2c(Cl)cc(Cl)cc21)c1ccc(F)cc1. The molecule has 2 N–H and O–H groups in total. The van der Waals surface area contributed by atoms with Crippen LogP contribution in [0.1, 0.15) is 22.3 Å². The monoisotopic (exact) mass is 353 g/mol. The maximum absolute atomic E-state index is 12.9. The number of carbonyl (C=O) groups is 2. The Morgan fingerprint density at radius 2 is 1.87 bits per heavy atom. The van der Waals surface area contributed by atoms with Crippen molar-refractivity contribution in [2.24, 2.45) is 0 Å². The second-order valence-electron chi connectivity index (χ2n) is 5.23. The molecule has 0 saturated heterocycles. The highest BCUT2D eigenvalue weighted by atomic mass is 35.5. The van der Waals surface area contributed by atoms with Gasteiger partial charge in [-0.25, -0.2) is 4.39 Å². The fraction of sp³-hybridized carbons (Fsp3) is 0.125. The van der Waals surface area contributed by atoms with Crippen molar-refractivity contribution in [3.05, 3.63) is 63.4 Å². The van der Waals surface area contributed by atoms with E-state index in [1.807, 2.05) is 0 Å². The molecule has 0 spiro atoms. The third-order valence-electron chi connectivity index (χ3n) is 3.70. The Hall–Kier alpha value is -1.95. The van der Waals surface area contributed by atoms with Crippen molar-refractivity contribution in [1.29, 1.82) is 0 Å². The zero-order valence-electron chi connectivity index (χ0n) is 11.6. The maximum Gasteiger partial charge on any atom is 0.261 e. The third kappa shape index (κ3) is 2.72. The number of halogens is 3. The van der Waals surface area contributed by atoms with Crippen LogP contribution in [0.2, 0.25) is 10.0 Å². The molecule has 0 aromatic heterocycles. The van der Waals surface area contributed by atoms with Crippen LogP contribution in [0.25, 0.3) is 0 Å². The van der Waals surface area contributed by atoms with Gasteiger partial charge in [-0.2, -0.15) is 0 Å². The van der Waals surface area contributed by atoms with Gasteiger partial charge in [0.25, 0.3) is 5.91 Å². The van der Waals surface area contributed by atoms with Gasteiger partial charge in [0.05, 0.1) is 17.1 Å². The summed E-state index contributed by atoms with van der Waals surface area (Å²) >= 11 is 11.9. The zero-order chi connectivity index (χ0) is 16.8. The molecule has 0 fully saturated rings. The molecular formula is C16H10Cl2FNO3. The molecule has 0 unspecified atom stereocenters. The van der Waals surface area contributed by atoms with E-state index in [2.05, 4.69) is 5.32 Å². The van der Waals surface area contributed by atoms with E-state index < -0.39 is 29.5 Å². The van der Waals surface area contributed by atoms with E-state index in [1.165, 1.54) is 24.3 Å². The molecule has 7 heteroatoms. The van der Waals surface area contributed by atoms with E-state index in [-0.39, 0.29) is 26.9 Å². The van der Waals surface area contributed by atoms with E-state index in [0.29, 0.717) is 0 Å². The Balaban J connectivity index is 1.98. The standard InChI is InChI=1S/C16H10Cl2FNO3/c17-9-5-11-14(12(18)6-9)20-15(22)16(11,23)7-13(21)8-1-3-10(19)4-2-8/h1-6,23H,7H2,(H,20,22)/t16-/m0/s1. The van der Waals surface area contributed by atoms with E-state index in [1.54, 1.807) is 0 Å². The fourth-order valence-corrected chi connectivity index (χ4v) is 3.05. The highest BCUT2D eigenvalue weighted by Crippen LogP contribution is 2.44. The summed E-state index contributed by atoms with van der Waals surface area (Å²) in [5.74, 6) is -1.75. The van der Waals surface area contributed by atoms with Crippen LogP contribution in [0.5, 0.6) is 0 Å². The van der Waals surface area contributed by atoms with Crippen molar-refractivity contribution < 1.29 is 19.1 Å². The number of benzene rings is 2. The zero-order valence-corrected chi connectivity index (χ0v) is 13.1. The summed E-state index contributed by atoms with van der Waals surface area (Å²) in [5.41, 5.74) is -1.50. The molecular weight excluding hydrogens is 344 g/mol. The minimum atomic E-state index is -2.07. The first-order valence-corrected chi connectivity index (χ1v) is 7.39. The lowest BCUT2D eigenvalue weighted by atomic mass is 9.88. The van der Waals surface area contributed by atoms with Gasteiger partial charge in [-0.15, -0.1) is 0 Å². The number of Topliss-reactive ketones (excluding diaryl/α,β-unsaturated/α-hetero) is 1. The number of hydrogen-bond acceptors (Lipinski definition) is 3. The second-order valence-corrected chi connectivity index (χ2v) is 6.08. The van der Waals surface area contributed by atoms with Crippen molar-refractivity contribution >= 4 is 40.6 Å². The van der Waals surface area contributed by atoms with Crippen molar-refractivity contribution in [2.45, 2.75) is 12.0 Å². The average Bonchev–Trinajstić information content (AvgIpc) is 2.73. The second kappa shape index (κ2) is 5.60. The van der Waals surface area contributed by atoms with Crippen LogP contribution in [0.4, 0.5) is 10.1 Å². The molecule has 1 heterocycles. The van der Waals surface area contributed by atoms with Crippen molar-refractivity contribution in [2.75, 3.05) is 5.32 Å². The summed E-state index contributed by atoms with van der Waals surface area (Å²) in [7, 11) is 0. The summed E-state index contributed by atoms with van der Waals surface area (Å²) in [6.07, 6.45) is -0.506. The fourth-order valence-electron chi connectivity index (χ4n) is 2.51. The Kier molecular flexibility index (Phi) is 3.88. The predicted octanol–water partition coefficient (Wildman–Crippen LogP) is 3.55. The average molecular weight is 354 g/mol. The van der Waals surface area contributed by atoms with Gasteiger partial charge in [0, 0.05) is 16.1 Å². The Bertz CT molecular complexity index is 823. The maximum atomic E-state index is 12.9. The molecule has 0 radical (unpaired) electrons. The molecule has 2 aromatic rings. The number of ketones is 1. The molecule has 1 atom stereocenters. The van der Waals surface area contributed by atoms with Gasteiger partial charge < -0.3 is 10.4 Å². The Morgan fingerprint density at radius 1 is 1.22 bits per heavy atom. The van der Waals surface area contributed by atoms with E-state index >= 15 is 0 Å². The summed E-state index contributed by atoms with van der Waals surface area (Å²) < 4.78 is 12.9. The number of amides is 1. The minimum Gasteiger partial charge on any atom is -0.375 e. The van der Waals surface area contributed by atoms with E-state index in [9.17, 15) is 19.1 Å². The quantitative estimate of drug-likeness (QED) is 0.829. The molecule has 0 bridgehead atoms. The lowest BCUT2D eigenvalue weighted by Gasteiger charge is -2.20. The lowest BCUT2D eigenvalue weighted by Crippen LogP contribution is -2.36. The first-order chi connectivity index (χ1) is 10.8. The first kappa shape index (κ1) is 15.9. The van der Waals surface area contributed by atoms with Crippen LogP contribution in [-0.2, 0) is 10.4 Å². The Labute approximate surface area is 140 Å². The molecule has 1 aliphatic rings. The number of anilines is 1. The van der Waals surface area contributed by atoms with Gasteiger partial charge in [-0.3, -0.25) is 9.59 Å².